The first-order chi connectivity index (χ1) is 15.3. The van der Waals surface area contributed by atoms with E-state index in [9.17, 15) is 13.2 Å². The van der Waals surface area contributed by atoms with Crippen LogP contribution in [0.15, 0.2) is 79.0 Å². The predicted molar refractivity (Wildman–Crippen MR) is 117 cm³/mol. The predicted octanol–water partition coefficient (Wildman–Crippen LogP) is 6.65. The Kier molecular flexibility index (Phi) is 5.83. The third kappa shape index (κ3) is 4.57. The number of nitriles is 1. The zero-order valence-corrected chi connectivity index (χ0v) is 17.3. The molecule has 0 spiro atoms. The Balaban J connectivity index is 1.65. The summed E-state index contributed by atoms with van der Waals surface area (Å²) >= 11 is 0. The van der Waals surface area contributed by atoms with Gasteiger partial charge in [-0.2, -0.15) is 18.4 Å². The topological polar surface area (TPSA) is 52.5 Å². The van der Waals surface area contributed by atoms with E-state index in [1.807, 2.05) is 31.2 Å². The number of aryl methyl sites for hydroxylation is 1. The van der Waals surface area contributed by atoms with E-state index in [0.717, 1.165) is 28.7 Å². The fourth-order valence-electron chi connectivity index (χ4n) is 3.81. The number of hydrogen-bond donors (Lipinski definition) is 1. The summed E-state index contributed by atoms with van der Waals surface area (Å²) in [6.45, 7) is 1.93. The van der Waals surface area contributed by atoms with Crippen LogP contribution in [0.5, 0.6) is 0 Å². The largest absolute Gasteiger partial charge is 0.417 e. The second-order valence-electron chi connectivity index (χ2n) is 7.68. The SMILES string of the molecule is Cc1cnc(C(Cc2ccc(-c3ccccc3C(F)(F)F)cc2)c2ccc(C#N)cc2)[nH]1. The van der Waals surface area contributed by atoms with Crippen LogP contribution in [0.1, 0.15) is 39.7 Å². The fourth-order valence-corrected chi connectivity index (χ4v) is 3.81. The van der Waals surface area contributed by atoms with E-state index in [1.165, 1.54) is 12.1 Å². The standard InChI is InChI=1S/C26H20F3N3/c1-17-16-31-25(32-17)23(21-12-8-19(15-30)9-13-21)14-18-6-10-20(11-7-18)22-4-2-3-5-24(22)26(27,28)29/h2-13,16,23H,14H2,1H3,(H,31,32). The molecule has 4 rings (SSSR count). The summed E-state index contributed by atoms with van der Waals surface area (Å²) in [7, 11) is 0. The first kappa shape index (κ1) is 21.4. The van der Waals surface area contributed by atoms with Crippen molar-refractivity contribution in [2.45, 2.75) is 25.4 Å². The Morgan fingerprint density at radius 2 is 1.66 bits per heavy atom. The smallest absolute Gasteiger partial charge is 0.346 e. The highest BCUT2D eigenvalue weighted by Crippen LogP contribution is 2.37. The van der Waals surface area contributed by atoms with Crippen molar-refractivity contribution in [3.8, 4) is 17.2 Å². The summed E-state index contributed by atoms with van der Waals surface area (Å²) < 4.78 is 40.2. The molecule has 0 fully saturated rings. The summed E-state index contributed by atoms with van der Waals surface area (Å²) in [5.41, 5.74) is 3.54. The molecule has 4 aromatic rings. The van der Waals surface area contributed by atoms with Crippen LogP contribution in [0.3, 0.4) is 0 Å². The summed E-state index contributed by atoms with van der Waals surface area (Å²) in [4.78, 5) is 7.77. The molecule has 3 aromatic carbocycles. The van der Waals surface area contributed by atoms with Gasteiger partial charge in [0, 0.05) is 17.8 Å². The van der Waals surface area contributed by atoms with Gasteiger partial charge >= 0.3 is 6.18 Å². The molecule has 0 radical (unpaired) electrons. The van der Waals surface area contributed by atoms with Gasteiger partial charge < -0.3 is 4.98 Å². The molecule has 1 atom stereocenters. The lowest BCUT2D eigenvalue weighted by Crippen LogP contribution is -2.08. The molecule has 0 bridgehead atoms. The minimum atomic E-state index is -4.41. The van der Waals surface area contributed by atoms with Gasteiger partial charge in [0.05, 0.1) is 17.2 Å². The van der Waals surface area contributed by atoms with E-state index in [1.54, 1.807) is 36.5 Å². The first-order valence-electron chi connectivity index (χ1n) is 10.1. The van der Waals surface area contributed by atoms with Gasteiger partial charge in [0.15, 0.2) is 0 Å². The highest BCUT2D eigenvalue weighted by atomic mass is 19.4. The number of rotatable bonds is 5. The minimum Gasteiger partial charge on any atom is -0.346 e. The maximum atomic E-state index is 13.4. The van der Waals surface area contributed by atoms with E-state index in [-0.39, 0.29) is 11.5 Å². The number of halogens is 3. The summed E-state index contributed by atoms with van der Waals surface area (Å²) in [6, 6.07) is 22.2. The second kappa shape index (κ2) is 8.72. The summed E-state index contributed by atoms with van der Waals surface area (Å²) in [6.07, 6.45) is -2.03. The molecule has 1 heterocycles. The maximum Gasteiger partial charge on any atom is 0.417 e. The molecule has 1 unspecified atom stereocenters. The molecule has 0 aliphatic carbocycles. The molecule has 1 aromatic heterocycles. The lowest BCUT2D eigenvalue weighted by molar-refractivity contribution is -0.137. The van der Waals surface area contributed by atoms with Crippen molar-refractivity contribution in [1.29, 1.82) is 5.26 Å². The number of alkyl halides is 3. The molecule has 160 valence electrons. The number of hydrogen-bond acceptors (Lipinski definition) is 2. The fraction of sp³-hybridized carbons (Fsp3) is 0.154. The van der Waals surface area contributed by atoms with Crippen molar-refractivity contribution < 1.29 is 13.2 Å². The lowest BCUT2D eigenvalue weighted by atomic mass is 9.90. The molecule has 0 aliphatic rings. The molecule has 0 saturated carbocycles. The third-order valence-corrected chi connectivity index (χ3v) is 5.43. The highest BCUT2D eigenvalue weighted by Gasteiger charge is 2.33. The molecule has 6 heteroatoms. The summed E-state index contributed by atoms with van der Waals surface area (Å²) in [5, 5.41) is 9.07. The van der Waals surface area contributed by atoms with Crippen molar-refractivity contribution in [3.05, 3.63) is 113 Å². The van der Waals surface area contributed by atoms with Gasteiger partial charge in [0.25, 0.3) is 0 Å². The van der Waals surface area contributed by atoms with Crippen molar-refractivity contribution in [2.24, 2.45) is 0 Å². The van der Waals surface area contributed by atoms with Crippen LogP contribution < -0.4 is 0 Å². The van der Waals surface area contributed by atoms with E-state index in [2.05, 4.69) is 16.0 Å². The number of aromatic nitrogens is 2. The maximum absolute atomic E-state index is 13.4. The Hall–Kier alpha value is -3.85. The van der Waals surface area contributed by atoms with E-state index >= 15 is 0 Å². The number of nitrogens with zero attached hydrogens (tertiary/aromatic N) is 2. The van der Waals surface area contributed by atoms with Crippen LogP contribution in [-0.4, -0.2) is 9.97 Å². The van der Waals surface area contributed by atoms with E-state index in [4.69, 9.17) is 5.26 Å². The van der Waals surface area contributed by atoms with Crippen molar-refractivity contribution >= 4 is 0 Å². The van der Waals surface area contributed by atoms with Gasteiger partial charge in [-0.15, -0.1) is 0 Å². The molecule has 0 saturated heterocycles. The Bertz CT molecular complexity index is 1250. The summed E-state index contributed by atoms with van der Waals surface area (Å²) in [5.74, 6) is 0.725. The van der Waals surface area contributed by atoms with E-state index < -0.39 is 11.7 Å². The van der Waals surface area contributed by atoms with Crippen LogP contribution in [0.2, 0.25) is 0 Å². The number of imidazole rings is 1. The van der Waals surface area contributed by atoms with Crippen LogP contribution in [0.4, 0.5) is 13.2 Å². The van der Waals surface area contributed by atoms with Gasteiger partial charge in [-0.1, -0.05) is 54.6 Å². The Labute approximate surface area is 184 Å². The number of H-pyrrole nitrogens is 1. The number of nitrogens with one attached hydrogen (secondary N) is 1. The van der Waals surface area contributed by atoms with Gasteiger partial charge in [-0.25, -0.2) is 4.98 Å². The quantitative estimate of drug-likeness (QED) is 0.385. The Morgan fingerprint density at radius 3 is 2.25 bits per heavy atom. The first-order valence-corrected chi connectivity index (χ1v) is 10.1. The monoisotopic (exact) mass is 431 g/mol. The second-order valence-corrected chi connectivity index (χ2v) is 7.68. The van der Waals surface area contributed by atoms with Crippen molar-refractivity contribution in [2.75, 3.05) is 0 Å². The third-order valence-electron chi connectivity index (χ3n) is 5.43. The van der Waals surface area contributed by atoms with Crippen molar-refractivity contribution in [1.82, 2.24) is 9.97 Å². The average molecular weight is 431 g/mol. The average Bonchev–Trinajstić information content (AvgIpc) is 3.23. The molecule has 1 N–H and O–H groups in total. The van der Waals surface area contributed by atoms with Gasteiger partial charge in [-0.05, 0) is 53.8 Å². The zero-order chi connectivity index (χ0) is 22.7. The highest BCUT2D eigenvalue weighted by molar-refractivity contribution is 5.68. The number of benzene rings is 3. The van der Waals surface area contributed by atoms with Crippen LogP contribution in [0, 0.1) is 18.3 Å². The molecule has 0 aliphatic heterocycles. The Morgan fingerprint density at radius 1 is 0.969 bits per heavy atom. The lowest BCUT2D eigenvalue weighted by Gasteiger charge is -2.17. The van der Waals surface area contributed by atoms with Gasteiger partial charge in [-0.3, -0.25) is 0 Å². The van der Waals surface area contributed by atoms with Gasteiger partial charge in [0.1, 0.15) is 5.82 Å². The normalized spacial score (nSPS) is 12.3. The molecule has 32 heavy (non-hydrogen) atoms. The molecule has 3 nitrogen and oxygen atoms in total. The van der Waals surface area contributed by atoms with Crippen LogP contribution in [-0.2, 0) is 12.6 Å². The van der Waals surface area contributed by atoms with Crippen LogP contribution in [0.25, 0.3) is 11.1 Å². The minimum absolute atomic E-state index is 0.0789. The molecule has 0 amide bonds. The number of aromatic amines is 1. The van der Waals surface area contributed by atoms with Crippen molar-refractivity contribution in [3.63, 3.8) is 0 Å². The molecular weight excluding hydrogens is 411 g/mol. The molecular formula is C26H20F3N3. The van der Waals surface area contributed by atoms with Gasteiger partial charge in [0.2, 0.25) is 0 Å². The van der Waals surface area contributed by atoms with E-state index in [0.29, 0.717) is 17.5 Å². The van der Waals surface area contributed by atoms with Crippen LogP contribution >= 0.6 is 0 Å². The zero-order valence-electron chi connectivity index (χ0n) is 17.3.